The largest absolute Gasteiger partial charge is 0.478 e. The number of hydrogen-bond acceptors (Lipinski definition) is 4. The van der Waals surface area contributed by atoms with Crippen molar-refractivity contribution < 1.29 is 19.8 Å². The number of rotatable bonds is 3. The zero-order valence-corrected chi connectivity index (χ0v) is 5.81. The lowest BCUT2D eigenvalue weighted by atomic mass is 10.3. The van der Waals surface area contributed by atoms with Crippen LogP contribution in [-0.2, 0) is 9.59 Å². The molecule has 0 aromatic heterocycles. The van der Waals surface area contributed by atoms with Gasteiger partial charge in [0, 0.05) is 5.57 Å². The van der Waals surface area contributed by atoms with Crippen LogP contribution in [0.5, 0.6) is 0 Å². The lowest BCUT2D eigenvalue weighted by Crippen LogP contribution is -2.03. The Balaban J connectivity index is 4.29. The molecule has 0 aromatic carbocycles. The van der Waals surface area contributed by atoms with Gasteiger partial charge in [-0.15, -0.1) is 0 Å². The fourth-order valence-electron chi connectivity index (χ4n) is 0.386. The van der Waals surface area contributed by atoms with E-state index in [1.165, 1.54) is 6.92 Å². The number of carboxylic acid groups (broad SMARTS) is 1. The lowest BCUT2D eigenvalue weighted by Gasteiger charge is -1.95. The smallest absolute Gasteiger partial charge is 0.331 e. The molecule has 1 unspecified atom stereocenters. The van der Waals surface area contributed by atoms with Gasteiger partial charge in [0.05, 0.1) is 0 Å². The van der Waals surface area contributed by atoms with Gasteiger partial charge in [-0.1, -0.05) is 0 Å². The molecular formula is C6H7NO4. The predicted octanol–water partition coefficient (Wildman–Crippen LogP) is -0.328. The molecule has 2 N–H and O–H groups in total. The van der Waals surface area contributed by atoms with Gasteiger partial charge in [0.15, 0.2) is 6.23 Å². The van der Waals surface area contributed by atoms with Crippen LogP contribution < -0.4 is 0 Å². The first kappa shape index (κ1) is 9.55. The summed E-state index contributed by atoms with van der Waals surface area (Å²) in [5.74, 6) is -1.16. The van der Waals surface area contributed by atoms with E-state index in [0.717, 1.165) is 12.2 Å². The van der Waals surface area contributed by atoms with Gasteiger partial charge in [-0.2, -0.15) is 4.99 Å². The number of aliphatic hydroxyl groups is 1. The summed E-state index contributed by atoms with van der Waals surface area (Å²) in [7, 11) is 0. The molecule has 0 spiro atoms. The van der Waals surface area contributed by atoms with E-state index in [1.54, 1.807) is 0 Å². The number of nitrogens with zero attached hydrogens (tertiary/aromatic N) is 1. The van der Waals surface area contributed by atoms with Crippen LogP contribution in [0.2, 0.25) is 0 Å². The van der Waals surface area contributed by atoms with Gasteiger partial charge in [-0.25, -0.2) is 9.59 Å². The Morgan fingerprint density at radius 1 is 1.73 bits per heavy atom. The van der Waals surface area contributed by atoms with E-state index in [4.69, 9.17) is 10.2 Å². The summed E-state index contributed by atoms with van der Waals surface area (Å²) in [4.78, 5) is 22.5. The van der Waals surface area contributed by atoms with E-state index >= 15 is 0 Å². The zero-order valence-electron chi connectivity index (χ0n) is 5.81. The first-order valence-corrected chi connectivity index (χ1v) is 2.74. The van der Waals surface area contributed by atoms with Gasteiger partial charge in [0.2, 0.25) is 6.08 Å². The van der Waals surface area contributed by atoms with Crippen LogP contribution in [0.3, 0.4) is 0 Å². The highest BCUT2D eigenvalue weighted by Gasteiger charge is 2.02. The molecule has 0 bridgehead atoms. The van der Waals surface area contributed by atoms with Gasteiger partial charge < -0.3 is 10.2 Å². The first-order chi connectivity index (χ1) is 5.07. The highest BCUT2D eigenvalue weighted by Crippen LogP contribution is 1.96. The number of carboxylic acids is 1. The van der Waals surface area contributed by atoms with Crippen molar-refractivity contribution in [3.05, 3.63) is 11.6 Å². The van der Waals surface area contributed by atoms with Crippen molar-refractivity contribution in [3.8, 4) is 0 Å². The Kier molecular flexibility index (Phi) is 3.80. The van der Waals surface area contributed by atoms with E-state index in [1.807, 2.05) is 0 Å². The number of aliphatic hydroxyl groups excluding tert-OH is 1. The summed E-state index contributed by atoms with van der Waals surface area (Å²) < 4.78 is 0. The third-order valence-corrected chi connectivity index (χ3v) is 0.921. The average Bonchev–Trinajstić information content (AvgIpc) is 1.87. The average molecular weight is 157 g/mol. The molecule has 0 saturated carbocycles. The van der Waals surface area contributed by atoms with Crippen LogP contribution in [0.4, 0.5) is 0 Å². The molecule has 0 aromatic rings. The van der Waals surface area contributed by atoms with Crippen molar-refractivity contribution in [2.24, 2.45) is 4.99 Å². The van der Waals surface area contributed by atoms with Crippen molar-refractivity contribution in [1.29, 1.82) is 0 Å². The summed E-state index contributed by atoms with van der Waals surface area (Å²) in [5, 5.41) is 17.0. The Morgan fingerprint density at radius 3 is 2.64 bits per heavy atom. The number of hydrogen-bond donors (Lipinski definition) is 2. The van der Waals surface area contributed by atoms with Crippen molar-refractivity contribution in [2.75, 3.05) is 0 Å². The summed E-state index contributed by atoms with van der Waals surface area (Å²) in [6.45, 7) is 1.28. The minimum Gasteiger partial charge on any atom is -0.478 e. The van der Waals surface area contributed by atoms with Crippen molar-refractivity contribution in [1.82, 2.24) is 0 Å². The molecule has 0 aliphatic heterocycles. The Bertz CT molecular complexity index is 227. The van der Waals surface area contributed by atoms with Crippen LogP contribution in [0.25, 0.3) is 0 Å². The number of isocyanates is 1. The molecule has 1 atom stereocenters. The first-order valence-electron chi connectivity index (χ1n) is 2.74. The third-order valence-electron chi connectivity index (χ3n) is 0.921. The molecule has 0 radical (unpaired) electrons. The molecule has 0 fully saturated rings. The van der Waals surface area contributed by atoms with Gasteiger partial charge in [0.25, 0.3) is 0 Å². The molecule has 5 heteroatoms. The van der Waals surface area contributed by atoms with E-state index < -0.39 is 12.2 Å². The van der Waals surface area contributed by atoms with E-state index in [-0.39, 0.29) is 5.57 Å². The maximum absolute atomic E-state index is 10.1. The summed E-state index contributed by atoms with van der Waals surface area (Å²) in [6, 6.07) is 0. The number of carbonyl (C=O) groups excluding carboxylic acids is 1. The second kappa shape index (κ2) is 4.38. The van der Waals surface area contributed by atoms with E-state index in [0.29, 0.717) is 0 Å². The maximum atomic E-state index is 10.1. The fourth-order valence-corrected chi connectivity index (χ4v) is 0.386. The minimum atomic E-state index is -1.41. The molecule has 0 aliphatic carbocycles. The van der Waals surface area contributed by atoms with Gasteiger partial charge >= 0.3 is 5.97 Å². The molecule has 11 heavy (non-hydrogen) atoms. The van der Waals surface area contributed by atoms with E-state index in [9.17, 15) is 9.59 Å². The number of aliphatic carboxylic acids is 1. The van der Waals surface area contributed by atoms with Crippen LogP contribution in [0, 0.1) is 0 Å². The van der Waals surface area contributed by atoms with Crippen LogP contribution in [-0.4, -0.2) is 28.5 Å². The fraction of sp³-hybridized carbons (Fsp3) is 0.333. The van der Waals surface area contributed by atoms with Gasteiger partial charge in [-0.05, 0) is 13.0 Å². The maximum Gasteiger partial charge on any atom is 0.331 e. The Morgan fingerprint density at radius 2 is 2.27 bits per heavy atom. The normalized spacial score (nSPS) is 13.5. The molecule has 0 saturated heterocycles. The van der Waals surface area contributed by atoms with Crippen LogP contribution in [0.15, 0.2) is 16.6 Å². The topological polar surface area (TPSA) is 87.0 Å². The lowest BCUT2D eigenvalue weighted by molar-refractivity contribution is -0.132. The molecule has 5 nitrogen and oxygen atoms in total. The van der Waals surface area contributed by atoms with Crippen LogP contribution in [0.1, 0.15) is 6.92 Å². The number of aliphatic imine (C=N–C) groups is 1. The monoisotopic (exact) mass is 157 g/mol. The molecular weight excluding hydrogens is 150 g/mol. The second-order valence-electron chi connectivity index (χ2n) is 1.79. The molecule has 0 aliphatic rings. The van der Waals surface area contributed by atoms with E-state index in [2.05, 4.69) is 4.99 Å². The number of carbonyl (C=O) groups is 1. The van der Waals surface area contributed by atoms with Crippen molar-refractivity contribution in [2.45, 2.75) is 13.2 Å². The van der Waals surface area contributed by atoms with Crippen LogP contribution >= 0.6 is 0 Å². The quantitative estimate of drug-likeness (QED) is 0.333. The highest BCUT2D eigenvalue weighted by molar-refractivity contribution is 5.85. The van der Waals surface area contributed by atoms with Crippen molar-refractivity contribution >= 4 is 12.0 Å². The second-order valence-corrected chi connectivity index (χ2v) is 1.79. The summed E-state index contributed by atoms with van der Waals surface area (Å²) in [6.07, 6.45) is 0.624. The van der Waals surface area contributed by atoms with Gasteiger partial charge in [0.1, 0.15) is 0 Å². The summed E-state index contributed by atoms with van der Waals surface area (Å²) in [5.41, 5.74) is -0.0727. The Hall–Kier alpha value is -1.45. The zero-order chi connectivity index (χ0) is 8.85. The molecule has 0 heterocycles. The minimum absolute atomic E-state index is 0.0727. The highest BCUT2D eigenvalue weighted by atomic mass is 16.4. The molecule has 60 valence electrons. The molecule has 0 rings (SSSR count). The van der Waals surface area contributed by atoms with Crippen molar-refractivity contribution in [3.63, 3.8) is 0 Å². The standard InChI is InChI=1S/C6H7NO4/c1-4(6(10)11)2-5(9)7-3-8/h2,5,9H,1H3,(H,10,11). The SMILES string of the molecule is CC(=CC(O)N=C=O)C(=O)O. The van der Waals surface area contributed by atoms with Gasteiger partial charge in [-0.3, -0.25) is 0 Å². The third kappa shape index (κ3) is 4.02. The Labute approximate surface area is 62.7 Å². The predicted molar refractivity (Wildman–Crippen MR) is 35.5 cm³/mol. The summed E-state index contributed by atoms with van der Waals surface area (Å²) >= 11 is 0. The molecule has 0 amide bonds.